The zero-order chi connectivity index (χ0) is 37.4. The molecule has 3 aromatic carbocycles. The van der Waals surface area contributed by atoms with Crippen LogP contribution in [-0.4, -0.2) is 65.5 Å². The molecule has 8 atom stereocenters. The molecule has 3 saturated carbocycles. The Morgan fingerprint density at radius 3 is 2.40 bits per heavy atom. The highest BCUT2D eigenvalue weighted by molar-refractivity contribution is 6.10. The van der Waals surface area contributed by atoms with Crippen molar-refractivity contribution in [2.24, 2.45) is 33.5 Å². The number of ether oxygens (including phenoxy) is 2. The smallest absolute Gasteiger partial charge is 0.410 e. The molecule has 2 spiro atoms. The van der Waals surface area contributed by atoms with E-state index < -0.39 is 45.7 Å². The monoisotopic (exact) mass is 725 g/mol. The Hall–Kier alpha value is -3.92. The fourth-order valence-corrected chi connectivity index (χ4v) is 11.7. The van der Waals surface area contributed by atoms with Gasteiger partial charge in [-0.2, -0.15) is 0 Å². The number of Topliss-reactive ketones (excluding diaryl/α,β-unsaturated/α-hetero) is 1. The first-order valence-electron chi connectivity index (χ1n) is 19.1. The van der Waals surface area contributed by atoms with E-state index in [2.05, 4.69) is 32.1 Å². The maximum atomic E-state index is 14.7. The van der Waals surface area contributed by atoms with Crippen LogP contribution in [-0.2, 0) is 4.74 Å². The van der Waals surface area contributed by atoms with Crippen LogP contribution in [0.15, 0.2) is 84.5 Å². The summed E-state index contributed by atoms with van der Waals surface area (Å²) < 4.78 is 40.0. The van der Waals surface area contributed by atoms with Gasteiger partial charge in [-0.25, -0.2) is 13.6 Å². The summed E-state index contributed by atoms with van der Waals surface area (Å²) in [5, 5.41) is 25.9. The van der Waals surface area contributed by atoms with Crippen LogP contribution in [0.5, 0.6) is 5.75 Å². The van der Waals surface area contributed by atoms with Crippen LogP contribution >= 0.6 is 0 Å². The third-order valence-corrected chi connectivity index (χ3v) is 14.6. The van der Waals surface area contributed by atoms with Crippen LogP contribution in [0.3, 0.4) is 0 Å². The maximum Gasteiger partial charge on any atom is 0.415 e. The number of methoxy groups -OCH3 is 1. The second-order valence-electron chi connectivity index (χ2n) is 16.9. The van der Waals surface area contributed by atoms with Crippen molar-refractivity contribution >= 4 is 22.6 Å². The van der Waals surface area contributed by atoms with Gasteiger partial charge in [-0.1, -0.05) is 62.4 Å². The van der Waals surface area contributed by atoms with Gasteiger partial charge >= 0.3 is 6.09 Å². The van der Waals surface area contributed by atoms with E-state index in [0.29, 0.717) is 63.0 Å². The number of hydrogen-bond acceptors (Lipinski definition) is 6. The fourth-order valence-electron chi connectivity index (χ4n) is 11.7. The topological polar surface area (TPSA) is 96.3 Å². The quantitative estimate of drug-likeness (QED) is 0.131. The molecule has 2 bridgehead atoms. The highest BCUT2D eigenvalue weighted by Crippen LogP contribution is 2.78. The molecular weight excluding hydrogens is 676 g/mol. The molecule has 9 heteroatoms. The Labute approximate surface area is 309 Å². The summed E-state index contributed by atoms with van der Waals surface area (Å²) >= 11 is 0. The Morgan fingerprint density at radius 1 is 0.887 bits per heavy atom. The van der Waals surface area contributed by atoms with Crippen molar-refractivity contribution in [2.45, 2.75) is 76.9 Å². The first kappa shape index (κ1) is 36.1. The number of fused-ring (bicyclic) bond motifs is 2. The number of amides is 1. The standard InChI is InChI=1S/C44H49F2NO6/c1-40-16-13-31(48)25-42(40)19-20-44(33(26-42)38(49)30-10-12-34(45)35(46)24-30)36(40)14-17-41(2)37(44)15-18-43(41,51)27-47(21-6-22-52-3)39(50)53-32-11-9-28-7-4-5-8-29(28)23-32/h4-5,7-12,19-20,23-24,26,31,36-37,48,51H,6,13-18,21-22,25,27H2,1-3H3. The fraction of sp³-hybridized carbons (Fsp3) is 0.500. The molecule has 9 rings (SSSR count). The largest absolute Gasteiger partial charge is 0.415 e. The van der Waals surface area contributed by atoms with Gasteiger partial charge in [0.05, 0.1) is 18.2 Å². The van der Waals surface area contributed by atoms with Crippen molar-refractivity contribution in [2.75, 3.05) is 26.8 Å². The molecule has 1 amide bonds. The number of hydrogen-bond donors (Lipinski definition) is 2. The maximum absolute atomic E-state index is 14.7. The molecule has 280 valence electrons. The average Bonchev–Trinajstić information content (AvgIpc) is 3.41. The number of aliphatic hydroxyl groups excluding tert-OH is 1. The third-order valence-electron chi connectivity index (χ3n) is 14.6. The number of carbonyl (C=O) groups excluding carboxylic acids is 2. The zero-order valence-corrected chi connectivity index (χ0v) is 30.7. The molecule has 3 aromatic rings. The molecule has 0 radical (unpaired) electrons. The first-order valence-corrected chi connectivity index (χ1v) is 19.1. The summed E-state index contributed by atoms with van der Waals surface area (Å²) in [4.78, 5) is 30.3. The van der Waals surface area contributed by atoms with Gasteiger partial charge in [-0.15, -0.1) is 0 Å². The molecular formula is C44H49F2NO6. The predicted octanol–water partition coefficient (Wildman–Crippen LogP) is 8.43. The van der Waals surface area contributed by atoms with Crippen molar-refractivity contribution in [1.29, 1.82) is 0 Å². The minimum atomic E-state index is -1.31. The van der Waals surface area contributed by atoms with Crippen molar-refractivity contribution in [1.82, 2.24) is 4.90 Å². The van der Waals surface area contributed by atoms with E-state index in [4.69, 9.17) is 9.47 Å². The van der Waals surface area contributed by atoms with E-state index in [9.17, 15) is 28.6 Å². The number of halogens is 2. The summed E-state index contributed by atoms with van der Waals surface area (Å²) in [6.45, 7) is 5.20. The minimum absolute atomic E-state index is 0.0258. The van der Waals surface area contributed by atoms with Crippen molar-refractivity contribution in [3.05, 3.63) is 102 Å². The first-order chi connectivity index (χ1) is 25.3. The Kier molecular flexibility index (Phi) is 8.74. The minimum Gasteiger partial charge on any atom is -0.410 e. The van der Waals surface area contributed by atoms with Crippen LogP contribution in [0.1, 0.15) is 75.6 Å². The van der Waals surface area contributed by atoms with Crippen LogP contribution in [0.25, 0.3) is 10.8 Å². The molecule has 7 nitrogen and oxygen atoms in total. The van der Waals surface area contributed by atoms with Crippen LogP contribution in [0, 0.1) is 45.1 Å². The number of nitrogens with zero attached hydrogens (tertiary/aromatic N) is 1. The SMILES string of the molecule is COCCCN(CC1(O)CCC2C34C=CC5(C=C3C(=O)c3ccc(F)c(F)c3)CC(O)CCC5(C)C4CCC21C)C(=O)Oc1ccc2ccccc2c1. The second kappa shape index (κ2) is 12.8. The molecule has 8 unspecified atom stereocenters. The molecule has 3 fully saturated rings. The predicted molar refractivity (Wildman–Crippen MR) is 197 cm³/mol. The second-order valence-corrected chi connectivity index (χ2v) is 16.9. The Morgan fingerprint density at radius 2 is 1.62 bits per heavy atom. The number of aliphatic hydroxyl groups is 2. The lowest BCUT2D eigenvalue weighted by Crippen LogP contribution is -2.67. The Balaban J connectivity index is 1.16. The van der Waals surface area contributed by atoms with Gasteiger partial charge in [0.15, 0.2) is 17.4 Å². The van der Waals surface area contributed by atoms with Crippen LogP contribution < -0.4 is 4.74 Å². The van der Waals surface area contributed by atoms with Crippen molar-refractivity contribution < 1.29 is 38.1 Å². The van der Waals surface area contributed by atoms with E-state index >= 15 is 0 Å². The normalized spacial score (nSPS) is 35.3. The van der Waals surface area contributed by atoms with Gasteiger partial charge in [0.1, 0.15) is 5.75 Å². The van der Waals surface area contributed by atoms with E-state index in [-0.39, 0.29) is 35.1 Å². The van der Waals surface area contributed by atoms with E-state index in [0.717, 1.165) is 35.7 Å². The number of carbonyl (C=O) groups is 2. The number of ketones is 1. The highest BCUT2D eigenvalue weighted by Gasteiger charge is 2.74. The van der Waals surface area contributed by atoms with Gasteiger partial charge in [-0.3, -0.25) is 4.79 Å². The lowest BCUT2D eigenvalue weighted by Gasteiger charge is -2.71. The van der Waals surface area contributed by atoms with Crippen molar-refractivity contribution in [3.63, 3.8) is 0 Å². The Bertz CT molecular complexity index is 2030. The van der Waals surface area contributed by atoms with Gasteiger partial charge in [0.25, 0.3) is 0 Å². The molecule has 0 saturated heterocycles. The molecule has 0 aliphatic heterocycles. The summed E-state index contributed by atoms with van der Waals surface area (Å²) in [6, 6.07) is 16.7. The number of benzene rings is 3. The summed E-state index contributed by atoms with van der Waals surface area (Å²) in [5.74, 6) is -2.18. The van der Waals surface area contributed by atoms with E-state index in [1.807, 2.05) is 36.4 Å². The molecule has 6 aliphatic rings. The zero-order valence-electron chi connectivity index (χ0n) is 30.7. The van der Waals surface area contributed by atoms with Crippen LogP contribution in [0.4, 0.5) is 13.6 Å². The van der Waals surface area contributed by atoms with Gasteiger partial charge in [0.2, 0.25) is 0 Å². The lowest BCUT2D eigenvalue weighted by molar-refractivity contribution is -0.175. The summed E-state index contributed by atoms with van der Waals surface area (Å²) in [5.41, 5.74) is -3.00. The third kappa shape index (κ3) is 5.35. The molecule has 53 heavy (non-hydrogen) atoms. The van der Waals surface area contributed by atoms with Gasteiger partial charge < -0.3 is 24.6 Å². The molecule has 6 aliphatic carbocycles. The molecule has 0 heterocycles. The number of allylic oxidation sites excluding steroid dienone is 4. The number of rotatable bonds is 9. The van der Waals surface area contributed by atoms with Gasteiger partial charge in [0, 0.05) is 47.6 Å². The summed E-state index contributed by atoms with van der Waals surface area (Å²) in [6.07, 6.45) is 10.3. The average molecular weight is 726 g/mol. The lowest BCUT2D eigenvalue weighted by atomic mass is 9.32. The van der Waals surface area contributed by atoms with E-state index in [1.54, 1.807) is 18.1 Å². The summed E-state index contributed by atoms with van der Waals surface area (Å²) in [7, 11) is 1.61. The van der Waals surface area contributed by atoms with E-state index in [1.165, 1.54) is 6.07 Å². The highest BCUT2D eigenvalue weighted by atomic mass is 19.2. The van der Waals surface area contributed by atoms with Crippen molar-refractivity contribution in [3.8, 4) is 5.75 Å². The van der Waals surface area contributed by atoms with Gasteiger partial charge in [-0.05, 0) is 110 Å². The molecule has 0 aromatic heterocycles. The molecule has 2 N–H and O–H groups in total. The van der Waals surface area contributed by atoms with Crippen LogP contribution in [0.2, 0.25) is 0 Å².